The summed E-state index contributed by atoms with van der Waals surface area (Å²) >= 11 is 1.41. The van der Waals surface area contributed by atoms with Gasteiger partial charge in [-0.1, -0.05) is 0 Å². The number of aliphatic carboxylic acids is 1. The summed E-state index contributed by atoms with van der Waals surface area (Å²) < 4.78 is 10.2. The molecular weight excluding hydrogens is 244 g/mol. The number of carboxylic acid groups (broad SMARTS) is 1. The summed E-state index contributed by atoms with van der Waals surface area (Å²) in [5.41, 5.74) is -0.0188. The topological polar surface area (TPSA) is 72.8 Å². The molecule has 0 saturated carbocycles. The van der Waals surface area contributed by atoms with Crippen LogP contribution in [0.2, 0.25) is 0 Å². The Hall–Kier alpha value is -1.69. The molecule has 0 radical (unpaired) electrons. The summed E-state index contributed by atoms with van der Waals surface area (Å²) in [5, 5.41) is 8.69. The molecule has 0 spiro atoms. The molecule has 6 heteroatoms. The van der Waals surface area contributed by atoms with E-state index in [1.807, 2.05) is 6.26 Å². The predicted molar refractivity (Wildman–Crippen MR) is 63.3 cm³/mol. The molecule has 0 amide bonds. The number of ketones is 1. The van der Waals surface area contributed by atoms with Crippen LogP contribution in [-0.2, 0) is 4.79 Å². The summed E-state index contributed by atoms with van der Waals surface area (Å²) in [6.45, 7) is 0. The minimum Gasteiger partial charge on any atom is -0.492 e. The van der Waals surface area contributed by atoms with Crippen LogP contribution in [0.4, 0.5) is 0 Å². The van der Waals surface area contributed by atoms with Gasteiger partial charge in [-0.3, -0.25) is 4.79 Å². The Bertz CT molecular complexity index is 455. The number of carboxylic acids is 1. The molecular formula is C11H12O5S. The highest BCUT2D eigenvalue weighted by atomic mass is 32.2. The fourth-order valence-electron chi connectivity index (χ4n) is 1.40. The van der Waals surface area contributed by atoms with E-state index in [1.54, 1.807) is 6.07 Å². The van der Waals surface area contributed by atoms with Crippen LogP contribution in [0, 0.1) is 0 Å². The molecule has 0 fully saturated rings. The molecule has 0 aliphatic heterocycles. The lowest BCUT2D eigenvalue weighted by Crippen LogP contribution is -2.14. The lowest BCUT2D eigenvalue weighted by Gasteiger charge is -2.13. The monoisotopic (exact) mass is 256 g/mol. The summed E-state index contributed by atoms with van der Waals surface area (Å²) in [4.78, 5) is 22.9. The Balaban J connectivity index is 3.43. The molecule has 5 nitrogen and oxygen atoms in total. The molecule has 0 aromatic heterocycles. The number of methoxy groups -OCH3 is 2. The van der Waals surface area contributed by atoms with Crippen LogP contribution in [0.1, 0.15) is 10.4 Å². The quantitative estimate of drug-likeness (QED) is 0.491. The van der Waals surface area contributed by atoms with Gasteiger partial charge in [0, 0.05) is 0 Å². The third kappa shape index (κ3) is 2.52. The van der Waals surface area contributed by atoms with Gasteiger partial charge in [0.1, 0.15) is 0 Å². The second-order valence-corrected chi connectivity index (χ2v) is 3.86. The van der Waals surface area contributed by atoms with Gasteiger partial charge in [-0.25, -0.2) is 4.79 Å². The maximum atomic E-state index is 11.5. The smallest absolute Gasteiger partial charge is 0.377 e. The first-order chi connectivity index (χ1) is 8.06. The van der Waals surface area contributed by atoms with Crippen LogP contribution in [0.25, 0.3) is 0 Å². The van der Waals surface area contributed by atoms with Crippen LogP contribution in [0.15, 0.2) is 17.0 Å². The van der Waals surface area contributed by atoms with Gasteiger partial charge in [0.05, 0.1) is 24.7 Å². The van der Waals surface area contributed by atoms with E-state index >= 15 is 0 Å². The van der Waals surface area contributed by atoms with E-state index in [0.717, 1.165) is 4.90 Å². The highest BCUT2D eigenvalue weighted by molar-refractivity contribution is 7.98. The van der Waals surface area contributed by atoms with Gasteiger partial charge in [-0.15, -0.1) is 11.8 Å². The Kier molecular flexibility index (Phi) is 4.39. The SMILES string of the molecule is COc1c(SC)ccc(C(=O)C(=O)O)c1OC. The average Bonchev–Trinajstić information content (AvgIpc) is 2.35. The second kappa shape index (κ2) is 5.58. The zero-order valence-corrected chi connectivity index (χ0v) is 10.5. The van der Waals surface area contributed by atoms with E-state index < -0.39 is 11.8 Å². The molecule has 92 valence electrons. The number of hydrogen-bond donors (Lipinski definition) is 1. The van der Waals surface area contributed by atoms with Crippen LogP contribution in [0.3, 0.4) is 0 Å². The van der Waals surface area contributed by atoms with Crippen LogP contribution in [0.5, 0.6) is 11.5 Å². The van der Waals surface area contributed by atoms with Crippen molar-refractivity contribution in [2.75, 3.05) is 20.5 Å². The fraction of sp³-hybridized carbons (Fsp3) is 0.273. The lowest BCUT2D eigenvalue weighted by molar-refractivity contribution is -0.131. The molecule has 1 aromatic rings. The number of rotatable bonds is 5. The molecule has 1 aromatic carbocycles. The molecule has 1 N–H and O–H groups in total. The van der Waals surface area contributed by atoms with Gasteiger partial charge < -0.3 is 14.6 Å². The van der Waals surface area contributed by atoms with Crippen molar-refractivity contribution >= 4 is 23.5 Å². The number of carbonyl (C=O) groups excluding carboxylic acids is 1. The van der Waals surface area contributed by atoms with Crippen LogP contribution < -0.4 is 9.47 Å². The van der Waals surface area contributed by atoms with Crippen molar-refractivity contribution in [3.63, 3.8) is 0 Å². The summed E-state index contributed by atoms with van der Waals surface area (Å²) in [6, 6.07) is 3.05. The Morgan fingerprint density at radius 1 is 1.18 bits per heavy atom. The van der Waals surface area contributed by atoms with E-state index in [-0.39, 0.29) is 11.3 Å². The number of thioether (sulfide) groups is 1. The molecule has 0 aliphatic rings. The van der Waals surface area contributed by atoms with Gasteiger partial charge in [-0.2, -0.15) is 0 Å². The van der Waals surface area contributed by atoms with Gasteiger partial charge in [0.2, 0.25) is 0 Å². The van der Waals surface area contributed by atoms with Crippen molar-refractivity contribution in [3.8, 4) is 11.5 Å². The Labute approximate surface area is 103 Å². The summed E-state index contributed by atoms with van der Waals surface area (Å²) in [6.07, 6.45) is 1.84. The van der Waals surface area contributed by atoms with Crippen molar-refractivity contribution in [1.29, 1.82) is 0 Å². The molecule has 0 unspecified atom stereocenters. The maximum absolute atomic E-state index is 11.5. The van der Waals surface area contributed by atoms with Gasteiger partial charge in [0.15, 0.2) is 11.5 Å². The summed E-state index contributed by atoms with van der Waals surface area (Å²) in [5.74, 6) is -2.03. The number of carbonyl (C=O) groups is 2. The second-order valence-electron chi connectivity index (χ2n) is 3.02. The largest absolute Gasteiger partial charge is 0.492 e. The first-order valence-corrected chi connectivity index (χ1v) is 5.85. The van der Waals surface area contributed by atoms with Crippen LogP contribution in [-0.4, -0.2) is 37.3 Å². The van der Waals surface area contributed by atoms with E-state index in [4.69, 9.17) is 14.6 Å². The van der Waals surface area contributed by atoms with Gasteiger partial charge in [0.25, 0.3) is 5.78 Å². The zero-order chi connectivity index (χ0) is 13.0. The van der Waals surface area contributed by atoms with E-state index in [2.05, 4.69) is 0 Å². The zero-order valence-electron chi connectivity index (χ0n) is 9.64. The first kappa shape index (κ1) is 13.4. The Morgan fingerprint density at radius 3 is 2.18 bits per heavy atom. The normalized spacial score (nSPS) is 9.82. The number of Topliss-reactive ketones (excluding diaryl/α,β-unsaturated/α-hetero) is 1. The number of hydrogen-bond acceptors (Lipinski definition) is 5. The van der Waals surface area contributed by atoms with E-state index in [9.17, 15) is 9.59 Å². The minimum absolute atomic E-state index is 0.0188. The standard InChI is InChI=1S/C11H12O5S/c1-15-9-6(8(12)11(13)14)4-5-7(17-3)10(9)16-2/h4-5H,1-3H3,(H,13,14). The summed E-state index contributed by atoms with van der Waals surface area (Å²) in [7, 11) is 2.80. The molecule has 0 aliphatic carbocycles. The van der Waals surface area contributed by atoms with Crippen molar-refractivity contribution in [3.05, 3.63) is 17.7 Å². The number of benzene rings is 1. The molecule has 17 heavy (non-hydrogen) atoms. The first-order valence-electron chi connectivity index (χ1n) is 4.63. The van der Waals surface area contributed by atoms with E-state index in [0.29, 0.717) is 5.75 Å². The van der Waals surface area contributed by atoms with Gasteiger partial charge >= 0.3 is 5.97 Å². The third-order valence-electron chi connectivity index (χ3n) is 2.14. The molecule has 1 rings (SSSR count). The Morgan fingerprint density at radius 2 is 1.76 bits per heavy atom. The molecule has 0 atom stereocenters. The van der Waals surface area contributed by atoms with Crippen molar-refractivity contribution < 1.29 is 24.2 Å². The lowest BCUT2D eigenvalue weighted by atomic mass is 10.1. The predicted octanol–water partition coefficient (Wildman–Crippen LogP) is 1.69. The van der Waals surface area contributed by atoms with Gasteiger partial charge in [-0.05, 0) is 18.4 Å². The average molecular weight is 256 g/mol. The number of ether oxygens (including phenoxy) is 2. The fourth-order valence-corrected chi connectivity index (χ4v) is 1.96. The molecule has 0 heterocycles. The third-order valence-corrected chi connectivity index (χ3v) is 2.90. The van der Waals surface area contributed by atoms with Crippen LogP contribution >= 0.6 is 11.8 Å². The molecule has 0 bridgehead atoms. The van der Waals surface area contributed by atoms with Crippen molar-refractivity contribution in [2.45, 2.75) is 4.90 Å². The highest BCUT2D eigenvalue weighted by Gasteiger charge is 2.23. The maximum Gasteiger partial charge on any atom is 0.377 e. The molecule has 0 saturated heterocycles. The van der Waals surface area contributed by atoms with E-state index in [1.165, 1.54) is 32.0 Å². The van der Waals surface area contributed by atoms with Crippen molar-refractivity contribution in [2.24, 2.45) is 0 Å². The highest BCUT2D eigenvalue weighted by Crippen LogP contribution is 2.39. The van der Waals surface area contributed by atoms with Crippen molar-refractivity contribution in [1.82, 2.24) is 0 Å². The minimum atomic E-state index is -1.53.